The quantitative estimate of drug-likeness (QED) is 0.907. The molecule has 2 aromatic rings. The van der Waals surface area contributed by atoms with Crippen molar-refractivity contribution in [2.24, 2.45) is 0 Å². The second-order valence-electron chi connectivity index (χ2n) is 5.76. The Bertz CT molecular complexity index is 847. The van der Waals surface area contributed by atoms with Crippen molar-refractivity contribution in [1.82, 2.24) is 0 Å². The molecular formula is C17H16ClNO4S. The van der Waals surface area contributed by atoms with E-state index in [0.29, 0.717) is 22.7 Å². The van der Waals surface area contributed by atoms with Crippen molar-refractivity contribution in [2.45, 2.75) is 12.5 Å². The number of phenols is 1. The summed E-state index contributed by atoms with van der Waals surface area (Å²) >= 11 is 5.86. The Balaban J connectivity index is 1.99. The van der Waals surface area contributed by atoms with Gasteiger partial charge in [-0.2, -0.15) is 0 Å². The second-order valence-corrected chi connectivity index (χ2v) is 8.42. The number of rotatable bonds is 3. The number of hydrogen-bond donors (Lipinski definition) is 1. The molecule has 0 spiro atoms. The van der Waals surface area contributed by atoms with E-state index >= 15 is 0 Å². The predicted molar refractivity (Wildman–Crippen MR) is 93.4 cm³/mol. The van der Waals surface area contributed by atoms with Gasteiger partial charge in [-0.05, 0) is 55.0 Å². The van der Waals surface area contributed by atoms with Crippen LogP contribution in [0.15, 0.2) is 48.5 Å². The molecule has 0 bridgehead atoms. The zero-order chi connectivity index (χ0) is 17.3. The first-order valence-corrected chi connectivity index (χ1v) is 9.64. The normalized spacial score (nSPS) is 19.1. The molecule has 1 heterocycles. The van der Waals surface area contributed by atoms with Crippen LogP contribution in [0.2, 0.25) is 5.02 Å². The minimum absolute atomic E-state index is 0.0623. The fraction of sp³-hybridized carbons (Fsp3) is 0.235. The number of carbonyl (C=O) groups is 1. The molecule has 0 radical (unpaired) electrons. The van der Waals surface area contributed by atoms with Crippen LogP contribution in [0.1, 0.15) is 16.8 Å². The van der Waals surface area contributed by atoms with E-state index in [9.17, 15) is 18.3 Å². The van der Waals surface area contributed by atoms with Gasteiger partial charge in [-0.3, -0.25) is 4.79 Å². The summed E-state index contributed by atoms with van der Waals surface area (Å²) in [6.07, 6.45) is 0.391. The van der Waals surface area contributed by atoms with Gasteiger partial charge in [0, 0.05) is 16.3 Å². The number of nitrogens with zero attached hydrogens (tertiary/aromatic N) is 1. The molecule has 126 valence electrons. The monoisotopic (exact) mass is 365 g/mol. The van der Waals surface area contributed by atoms with Gasteiger partial charge >= 0.3 is 0 Å². The van der Waals surface area contributed by atoms with Crippen molar-refractivity contribution in [3.8, 4) is 5.75 Å². The number of aromatic hydroxyl groups is 1. The van der Waals surface area contributed by atoms with E-state index < -0.39 is 15.9 Å². The van der Waals surface area contributed by atoms with E-state index in [-0.39, 0.29) is 23.2 Å². The molecule has 0 saturated carbocycles. The minimum atomic E-state index is -3.14. The fourth-order valence-corrected chi connectivity index (χ4v) is 4.64. The zero-order valence-electron chi connectivity index (χ0n) is 12.7. The zero-order valence-corrected chi connectivity index (χ0v) is 14.3. The lowest BCUT2D eigenvalue weighted by Crippen LogP contribution is -2.41. The van der Waals surface area contributed by atoms with Crippen LogP contribution in [-0.4, -0.2) is 37.0 Å². The molecular weight excluding hydrogens is 350 g/mol. The van der Waals surface area contributed by atoms with Gasteiger partial charge in [-0.15, -0.1) is 0 Å². The van der Waals surface area contributed by atoms with Crippen molar-refractivity contribution < 1.29 is 18.3 Å². The minimum Gasteiger partial charge on any atom is -0.508 e. The first-order valence-electron chi connectivity index (χ1n) is 7.44. The van der Waals surface area contributed by atoms with Gasteiger partial charge in [0.2, 0.25) is 0 Å². The predicted octanol–water partition coefficient (Wildman–Crippen LogP) is 2.88. The number of amides is 1. The molecule has 5 nitrogen and oxygen atoms in total. The van der Waals surface area contributed by atoms with Crippen LogP contribution in [-0.2, 0) is 9.84 Å². The lowest BCUT2D eigenvalue weighted by atomic mass is 10.1. The lowest BCUT2D eigenvalue weighted by Gasteiger charge is -2.28. The Kier molecular flexibility index (Phi) is 4.51. The van der Waals surface area contributed by atoms with E-state index in [2.05, 4.69) is 0 Å². The summed E-state index contributed by atoms with van der Waals surface area (Å²) in [5.74, 6) is -0.205. The third-order valence-corrected chi connectivity index (χ3v) is 6.01. The first kappa shape index (κ1) is 16.8. The average Bonchev–Trinajstić information content (AvgIpc) is 2.90. The molecule has 1 fully saturated rings. The summed E-state index contributed by atoms with van der Waals surface area (Å²) in [5, 5.41) is 9.98. The van der Waals surface area contributed by atoms with Crippen LogP contribution in [0.25, 0.3) is 0 Å². The smallest absolute Gasteiger partial charge is 0.258 e. The number of halogens is 1. The molecule has 0 aromatic heterocycles. The molecule has 0 aliphatic carbocycles. The topological polar surface area (TPSA) is 74.7 Å². The largest absolute Gasteiger partial charge is 0.508 e. The molecule has 1 saturated heterocycles. The Morgan fingerprint density at radius 1 is 1.08 bits per heavy atom. The molecule has 1 atom stereocenters. The highest BCUT2D eigenvalue weighted by molar-refractivity contribution is 7.91. The lowest BCUT2D eigenvalue weighted by molar-refractivity contribution is 0.0979. The maximum atomic E-state index is 13.0. The molecule has 24 heavy (non-hydrogen) atoms. The Labute approximate surface area is 145 Å². The molecule has 2 aromatic carbocycles. The van der Waals surface area contributed by atoms with Crippen LogP contribution in [0.5, 0.6) is 5.75 Å². The summed E-state index contributed by atoms with van der Waals surface area (Å²) < 4.78 is 23.7. The Morgan fingerprint density at radius 2 is 1.71 bits per heavy atom. The molecule has 1 aliphatic rings. The summed E-state index contributed by atoms with van der Waals surface area (Å²) in [6, 6.07) is 12.2. The number of phenolic OH excluding ortho intramolecular Hbond substituents is 1. The van der Waals surface area contributed by atoms with E-state index in [4.69, 9.17) is 11.6 Å². The van der Waals surface area contributed by atoms with Crippen molar-refractivity contribution in [3.63, 3.8) is 0 Å². The van der Waals surface area contributed by atoms with Crippen molar-refractivity contribution in [1.29, 1.82) is 0 Å². The van der Waals surface area contributed by atoms with Gasteiger partial charge in [-0.25, -0.2) is 8.42 Å². The highest BCUT2D eigenvalue weighted by Crippen LogP contribution is 2.28. The van der Waals surface area contributed by atoms with Crippen LogP contribution in [0.3, 0.4) is 0 Å². The second kappa shape index (κ2) is 6.45. The van der Waals surface area contributed by atoms with Crippen LogP contribution < -0.4 is 4.90 Å². The molecule has 1 aliphatic heterocycles. The van der Waals surface area contributed by atoms with Crippen molar-refractivity contribution in [2.75, 3.05) is 16.4 Å². The van der Waals surface area contributed by atoms with E-state index in [1.807, 2.05) is 0 Å². The molecule has 1 N–H and O–H groups in total. The molecule has 1 amide bonds. The van der Waals surface area contributed by atoms with Gasteiger partial charge in [-0.1, -0.05) is 11.6 Å². The third kappa shape index (κ3) is 3.55. The van der Waals surface area contributed by atoms with Gasteiger partial charge < -0.3 is 10.0 Å². The fourth-order valence-electron chi connectivity index (χ4n) is 2.82. The van der Waals surface area contributed by atoms with Crippen LogP contribution in [0, 0.1) is 0 Å². The summed E-state index contributed by atoms with van der Waals surface area (Å²) in [6.45, 7) is 0. The summed E-state index contributed by atoms with van der Waals surface area (Å²) in [5.41, 5.74) is 0.978. The number of anilines is 1. The molecule has 3 rings (SSSR count). The number of sulfone groups is 1. The third-order valence-electron chi connectivity index (χ3n) is 4.01. The molecule has 7 heteroatoms. The maximum absolute atomic E-state index is 13.0. The van der Waals surface area contributed by atoms with E-state index in [1.165, 1.54) is 17.0 Å². The van der Waals surface area contributed by atoms with E-state index in [1.54, 1.807) is 36.4 Å². The van der Waals surface area contributed by atoms with Crippen molar-refractivity contribution in [3.05, 3.63) is 59.1 Å². The maximum Gasteiger partial charge on any atom is 0.258 e. The van der Waals surface area contributed by atoms with Gasteiger partial charge in [0.15, 0.2) is 9.84 Å². The van der Waals surface area contributed by atoms with Gasteiger partial charge in [0.1, 0.15) is 5.75 Å². The van der Waals surface area contributed by atoms with Crippen LogP contribution >= 0.6 is 11.6 Å². The first-order chi connectivity index (χ1) is 11.4. The van der Waals surface area contributed by atoms with Crippen molar-refractivity contribution >= 4 is 33.0 Å². The Morgan fingerprint density at radius 3 is 2.25 bits per heavy atom. The van der Waals surface area contributed by atoms with Gasteiger partial charge in [0.05, 0.1) is 17.5 Å². The summed E-state index contributed by atoms with van der Waals surface area (Å²) in [7, 11) is -3.14. The highest BCUT2D eigenvalue weighted by atomic mass is 35.5. The SMILES string of the molecule is O=C(c1ccc(Cl)cc1)N(c1ccc(O)cc1)C1CCS(=O)(=O)C1. The standard InChI is InChI=1S/C17H16ClNO4S/c18-13-3-1-12(2-4-13)17(21)19(14-5-7-16(20)8-6-14)15-9-10-24(22,23)11-15/h1-8,15,20H,9-11H2. The molecule has 1 unspecified atom stereocenters. The van der Waals surface area contributed by atoms with Crippen LogP contribution in [0.4, 0.5) is 5.69 Å². The average molecular weight is 366 g/mol. The summed E-state index contributed by atoms with van der Waals surface area (Å²) in [4.78, 5) is 14.5. The Hall–Kier alpha value is -2.05. The van der Waals surface area contributed by atoms with Gasteiger partial charge in [0.25, 0.3) is 5.91 Å². The van der Waals surface area contributed by atoms with E-state index in [0.717, 1.165) is 0 Å². The number of hydrogen-bond acceptors (Lipinski definition) is 4. The highest BCUT2D eigenvalue weighted by Gasteiger charge is 2.35. The number of carbonyl (C=O) groups excluding carboxylic acids is 1. The number of benzene rings is 2.